The summed E-state index contributed by atoms with van der Waals surface area (Å²) in [6, 6.07) is -0.590. The molecule has 176 valence electrons. The zero-order valence-corrected chi connectivity index (χ0v) is 19.0. The Morgan fingerprint density at radius 2 is 1.16 bits per heavy atom. The summed E-state index contributed by atoms with van der Waals surface area (Å²) in [5, 5.41) is 41.4. The number of tetrazole rings is 3. The first-order valence-corrected chi connectivity index (χ1v) is 9.20. The second-order valence-corrected chi connectivity index (χ2v) is 8.52. The molecule has 32 heavy (non-hydrogen) atoms. The first kappa shape index (κ1) is 27.3. The van der Waals surface area contributed by atoms with E-state index in [2.05, 4.69) is 82.0 Å². The van der Waals surface area contributed by atoms with Crippen LogP contribution in [0, 0.1) is 0 Å². The lowest BCUT2D eigenvalue weighted by Crippen LogP contribution is -2.22. The fourth-order valence-electron chi connectivity index (χ4n) is 1.04. The summed E-state index contributed by atoms with van der Waals surface area (Å²) in [5.74, 6) is 0.270. The van der Waals surface area contributed by atoms with Gasteiger partial charge in [-0.2, -0.15) is 15.6 Å². The summed E-state index contributed by atoms with van der Waals surface area (Å²) in [7, 11) is 0. The summed E-state index contributed by atoms with van der Waals surface area (Å²) >= 11 is 30.2. The molecular formula is C7H7Cl6N15O4. The van der Waals surface area contributed by atoms with Gasteiger partial charge in [0.25, 0.3) is 17.8 Å². The molecule has 25 heteroatoms. The van der Waals surface area contributed by atoms with Crippen molar-refractivity contribution in [2.24, 2.45) is 0 Å². The quantitative estimate of drug-likeness (QED) is 0.183. The lowest BCUT2D eigenvalue weighted by atomic mass is 10.8. The molecule has 0 radical (unpaired) electrons. The van der Waals surface area contributed by atoms with Gasteiger partial charge in [0, 0.05) is 0 Å². The second kappa shape index (κ2) is 13.0. The maximum absolute atomic E-state index is 11.1. The predicted molar refractivity (Wildman–Crippen MR) is 108 cm³/mol. The molecule has 0 bridgehead atoms. The molecule has 3 aromatic heterocycles. The number of anilines is 3. The molecule has 3 aromatic rings. The normalized spacial score (nSPS) is 10.6. The number of aromatic nitrogens is 12. The minimum absolute atomic E-state index is 0.0472. The molecule has 0 unspecified atom stereocenters. The molecule has 0 aliphatic heterocycles. The van der Waals surface area contributed by atoms with E-state index in [1.54, 1.807) is 0 Å². The van der Waals surface area contributed by atoms with E-state index in [1.807, 2.05) is 0 Å². The first-order valence-electron chi connectivity index (χ1n) is 6.93. The van der Waals surface area contributed by atoms with Crippen LogP contribution < -0.4 is 16.4 Å². The number of alkyl halides is 6. The summed E-state index contributed by atoms with van der Waals surface area (Å²) < 4.78 is 3.50. The number of hydrogen-bond donors (Lipinski definition) is 6. The third-order valence-electron chi connectivity index (χ3n) is 1.90. The summed E-state index contributed by atoms with van der Waals surface area (Å²) in [6.45, 7) is 0. The number of carbonyl (C=O) groups is 2. The number of nitrogens with one attached hydrogen (secondary N) is 5. The Morgan fingerprint density at radius 3 is 1.41 bits per heavy atom. The van der Waals surface area contributed by atoms with Crippen LogP contribution in [0.5, 0.6) is 0 Å². The number of ether oxygens (including phenoxy) is 2. The molecule has 0 aliphatic carbocycles. The lowest BCUT2D eigenvalue weighted by molar-refractivity contribution is 0.0508. The Bertz CT molecular complexity index is 853. The minimum atomic E-state index is -2.24. The second-order valence-electron chi connectivity index (χ2n) is 4.17. The number of urea groups is 1. The number of H-pyrrole nitrogens is 3. The molecule has 7 N–H and O–H groups in total. The molecule has 3 rings (SSSR count). The summed E-state index contributed by atoms with van der Waals surface area (Å²) in [4.78, 5) is 21.6. The van der Waals surface area contributed by atoms with Crippen molar-refractivity contribution in [3.8, 4) is 0 Å². The lowest BCUT2D eigenvalue weighted by Gasteiger charge is -2.15. The molecule has 0 atom stereocenters. The average Bonchev–Trinajstić information content (AvgIpc) is 3.36. The van der Waals surface area contributed by atoms with Gasteiger partial charge in [-0.05, 0) is 85.2 Å². The maximum atomic E-state index is 11.1. The highest BCUT2D eigenvalue weighted by Gasteiger charge is 2.32. The van der Waals surface area contributed by atoms with Crippen molar-refractivity contribution in [2.45, 2.75) is 7.96 Å². The van der Waals surface area contributed by atoms with Crippen LogP contribution >= 0.6 is 69.6 Å². The molecule has 0 spiro atoms. The first-order chi connectivity index (χ1) is 14.8. The number of amides is 2. The summed E-state index contributed by atoms with van der Waals surface area (Å²) in [6.07, 6.45) is -1.41. The standard InChI is InChI=1S/C3Cl6O3.C3H4N10O.CH3N5/c4-2(5,6)11-1(10)12-3(7,8)9;14-3(4-1-6-10-11-7-1)5-2-8-12-13-9-2;2-1-3-5-6-4-1/h;(H4,4,5,6,7,8,9,10,11,12,13,14);(H3,2,3,4,5,6). The molecule has 2 amide bonds. The third kappa shape index (κ3) is 14.3. The topological polar surface area (TPSA) is 266 Å². The van der Waals surface area contributed by atoms with Crippen molar-refractivity contribution in [1.29, 1.82) is 0 Å². The summed E-state index contributed by atoms with van der Waals surface area (Å²) in [5.41, 5.74) is 4.96. The highest BCUT2D eigenvalue weighted by atomic mass is 35.6. The number of hydrogen-bond acceptors (Lipinski definition) is 14. The molecule has 0 saturated heterocycles. The van der Waals surface area contributed by atoms with Gasteiger partial charge in [-0.3, -0.25) is 10.6 Å². The SMILES string of the molecule is Nc1nn[nH]n1.O=C(Nc1nn[nH]n1)Nc1nn[nH]n1.O=C(OC(Cl)(Cl)Cl)OC(Cl)(Cl)Cl. The minimum Gasteiger partial charge on any atom is -0.382 e. The molecule has 0 fully saturated rings. The Labute approximate surface area is 204 Å². The Morgan fingerprint density at radius 1 is 0.750 bits per heavy atom. The van der Waals surface area contributed by atoms with Crippen molar-refractivity contribution in [3.05, 3.63) is 0 Å². The molecule has 0 aromatic carbocycles. The average molecular weight is 578 g/mol. The van der Waals surface area contributed by atoms with Crippen molar-refractivity contribution in [2.75, 3.05) is 16.4 Å². The molecular weight excluding hydrogens is 571 g/mol. The van der Waals surface area contributed by atoms with Crippen LogP contribution in [0.1, 0.15) is 0 Å². The zero-order valence-electron chi connectivity index (χ0n) is 14.5. The Kier molecular flexibility index (Phi) is 11.1. The van der Waals surface area contributed by atoms with Gasteiger partial charge in [0.15, 0.2) is 0 Å². The fraction of sp³-hybridized carbons (Fsp3) is 0.286. The largest absolute Gasteiger partial charge is 0.515 e. The maximum Gasteiger partial charge on any atom is 0.515 e. The van der Waals surface area contributed by atoms with E-state index >= 15 is 0 Å². The van der Waals surface area contributed by atoms with Crippen LogP contribution in [-0.2, 0) is 9.47 Å². The van der Waals surface area contributed by atoms with E-state index in [0.717, 1.165) is 0 Å². The van der Waals surface area contributed by atoms with Crippen LogP contribution in [-0.4, -0.2) is 82.0 Å². The van der Waals surface area contributed by atoms with Crippen molar-refractivity contribution in [1.82, 2.24) is 61.9 Å². The van der Waals surface area contributed by atoms with Gasteiger partial charge < -0.3 is 15.2 Å². The highest BCUT2D eigenvalue weighted by molar-refractivity contribution is 6.67. The van der Waals surface area contributed by atoms with Crippen LogP contribution in [0.4, 0.5) is 27.4 Å². The van der Waals surface area contributed by atoms with E-state index < -0.39 is 20.1 Å². The number of nitrogen functional groups attached to an aromatic ring is 1. The van der Waals surface area contributed by atoms with Crippen molar-refractivity contribution in [3.63, 3.8) is 0 Å². The van der Waals surface area contributed by atoms with Gasteiger partial charge in [-0.25, -0.2) is 9.59 Å². The predicted octanol–water partition coefficient (Wildman–Crippen LogP) is 0.934. The van der Waals surface area contributed by atoms with Crippen molar-refractivity contribution >= 4 is 99.6 Å². The van der Waals surface area contributed by atoms with Crippen molar-refractivity contribution < 1.29 is 19.1 Å². The van der Waals surface area contributed by atoms with E-state index in [9.17, 15) is 9.59 Å². The smallest absolute Gasteiger partial charge is 0.382 e. The fourth-order valence-corrected chi connectivity index (χ4v) is 1.42. The number of nitrogens with zero attached hydrogens (tertiary/aromatic N) is 9. The molecule has 3 heterocycles. The highest BCUT2D eigenvalue weighted by Crippen LogP contribution is 2.32. The Balaban J connectivity index is 0.000000258. The van der Waals surface area contributed by atoms with Gasteiger partial charge >= 0.3 is 20.1 Å². The number of nitrogens with two attached hydrogens (primary N) is 1. The van der Waals surface area contributed by atoms with Gasteiger partial charge in [-0.1, -0.05) is 15.3 Å². The van der Waals surface area contributed by atoms with Gasteiger partial charge in [-0.15, -0.1) is 15.3 Å². The van der Waals surface area contributed by atoms with E-state index in [4.69, 9.17) is 75.3 Å². The van der Waals surface area contributed by atoms with Gasteiger partial charge in [0.1, 0.15) is 0 Å². The number of rotatable bonds is 2. The number of carbonyl (C=O) groups excluding carboxylic acids is 2. The number of halogens is 6. The van der Waals surface area contributed by atoms with E-state index in [0.29, 0.717) is 0 Å². The van der Waals surface area contributed by atoms with Crippen LogP contribution in [0.3, 0.4) is 0 Å². The van der Waals surface area contributed by atoms with Crippen LogP contribution in [0.15, 0.2) is 0 Å². The number of aromatic amines is 3. The van der Waals surface area contributed by atoms with Crippen LogP contribution in [0.25, 0.3) is 0 Å². The monoisotopic (exact) mass is 575 g/mol. The molecule has 19 nitrogen and oxygen atoms in total. The van der Waals surface area contributed by atoms with E-state index in [-0.39, 0.29) is 17.8 Å². The Hall–Kier alpha value is -2.71. The molecule has 0 aliphatic rings. The van der Waals surface area contributed by atoms with Gasteiger partial charge in [0.2, 0.25) is 0 Å². The zero-order chi connectivity index (χ0) is 24.2. The van der Waals surface area contributed by atoms with Gasteiger partial charge in [0.05, 0.1) is 0 Å². The van der Waals surface area contributed by atoms with E-state index in [1.165, 1.54) is 0 Å². The van der Waals surface area contributed by atoms with Crippen LogP contribution in [0.2, 0.25) is 0 Å². The molecule has 0 saturated carbocycles. The third-order valence-corrected chi connectivity index (χ3v) is 2.36.